The number of carbonyl (C=O) groups is 1. The summed E-state index contributed by atoms with van der Waals surface area (Å²) in [4.78, 5) is 14.4. The summed E-state index contributed by atoms with van der Waals surface area (Å²) in [5, 5.41) is 3.17. The molecule has 4 nitrogen and oxygen atoms in total. The van der Waals surface area contributed by atoms with Crippen molar-refractivity contribution in [3.05, 3.63) is 29.3 Å². The van der Waals surface area contributed by atoms with E-state index in [9.17, 15) is 4.79 Å². The van der Waals surface area contributed by atoms with Crippen molar-refractivity contribution in [3.8, 4) is 5.75 Å². The lowest BCUT2D eigenvalue weighted by atomic mass is 10.1. The number of rotatable bonds is 6. The molecule has 1 unspecified atom stereocenters. The summed E-state index contributed by atoms with van der Waals surface area (Å²) >= 11 is 0. The Kier molecular flexibility index (Phi) is 5.83. The van der Waals surface area contributed by atoms with E-state index in [2.05, 4.69) is 23.2 Å². The molecule has 0 aromatic heterocycles. The summed E-state index contributed by atoms with van der Waals surface area (Å²) < 4.78 is 5.42. The van der Waals surface area contributed by atoms with Crippen LogP contribution in [0.15, 0.2) is 18.2 Å². The van der Waals surface area contributed by atoms with Crippen molar-refractivity contribution in [3.63, 3.8) is 0 Å². The molecule has 1 aromatic rings. The number of hydrogen-bond acceptors (Lipinski definition) is 3. The van der Waals surface area contributed by atoms with Gasteiger partial charge in [-0.1, -0.05) is 30.5 Å². The quantitative estimate of drug-likeness (QED) is 0.878. The summed E-state index contributed by atoms with van der Waals surface area (Å²) in [6, 6.07) is 6.37. The van der Waals surface area contributed by atoms with Gasteiger partial charge in [0.1, 0.15) is 5.75 Å². The maximum atomic E-state index is 12.4. The Morgan fingerprint density at radius 3 is 2.73 bits per heavy atom. The molecule has 1 N–H and O–H groups in total. The van der Waals surface area contributed by atoms with E-state index in [4.69, 9.17) is 4.74 Å². The smallest absolute Gasteiger partial charge is 0.237 e. The molecule has 4 heteroatoms. The Morgan fingerprint density at radius 1 is 1.41 bits per heavy atom. The maximum Gasteiger partial charge on any atom is 0.237 e. The van der Waals surface area contributed by atoms with Gasteiger partial charge in [-0.25, -0.2) is 0 Å². The number of likely N-dealkylation sites (N-methyl/N-ethyl adjacent to an activating group) is 1. The van der Waals surface area contributed by atoms with E-state index in [1.54, 1.807) is 7.11 Å². The summed E-state index contributed by atoms with van der Waals surface area (Å²) in [7, 11) is 3.67. The highest BCUT2D eigenvalue weighted by atomic mass is 16.5. The van der Waals surface area contributed by atoms with Gasteiger partial charge in [0.05, 0.1) is 13.2 Å². The highest BCUT2D eigenvalue weighted by Crippen LogP contribution is 2.22. The lowest BCUT2D eigenvalue weighted by Crippen LogP contribution is -2.46. The van der Waals surface area contributed by atoms with E-state index in [1.165, 1.54) is 18.4 Å². The molecular formula is C18H28N2O2. The number of nitrogens with one attached hydrogen (secondary N) is 1. The van der Waals surface area contributed by atoms with Gasteiger partial charge >= 0.3 is 0 Å². The summed E-state index contributed by atoms with van der Waals surface area (Å²) in [6.07, 6.45) is 4.70. The molecule has 122 valence electrons. The zero-order valence-electron chi connectivity index (χ0n) is 14.2. The number of nitrogens with zero attached hydrogens (tertiary/aromatic N) is 1. The molecule has 1 atom stereocenters. The van der Waals surface area contributed by atoms with Gasteiger partial charge in [0.2, 0.25) is 5.91 Å². The van der Waals surface area contributed by atoms with Crippen LogP contribution in [-0.4, -0.2) is 37.0 Å². The zero-order chi connectivity index (χ0) is 16.1. The minimum atomic E-state index is -0.147. The minimum absolute atomic E-state index is 0.126. The van der Waals surface area contributed by atoms with E-state index in [0.29, 0.717) is 12.6 Å². The van der Waals surface area contributed by atoms with Gasteiger partial charge in [-0.05, 0) is 39.8 Å². The molecule has 0 spiro atoms. The fourth-order valence-corrected chi connectivity index (χ4v) is 3.03. The second-order valence-corrected chi connectivity index (χ2v) is 6.40. The van der Waals surface area contributed by atoms with Crippen molar-refractivity contribution >= 4 is 5.91 Å². The number of hydrogen-bond donors (Lipinski definition) is 1. The van der Waals surface area contributed by atoms with Gasteiger partial charge < -0.3 is 10.1 Å². The normalized spacial score (nSPS) is 16.8. The van der Waals surface area contributed by atoms with Crippen molar-refractivity contribution in [1.29, 1.82) is 0 Å². The number of methoxy groups -OCH3 is 1. The molecule has 1 amide bonds. The van der Waals surface area contributed by atoms with E-state index >= 15 is 0 Å². The first-order valence-electron chi connectivity index (χ1n) is 8.15. The Morgan fingerprint density at radius 2 is 2.09 bits per heavy atom. The van der Waals surface area contributed by atoms with Crippen LogP contribution in [0.2, 0.25) is 0 Å². The van der Waals surface area contributed by atoms with Crippen molar-refractivity contribution < 1.29 is 9.53 Å². The number of ether oxygens (including phenoxy) is 1. The second kappa shape index (κ2) is 7.63. The maximum absolute atomic E-state index is 12.4. The largest absolute Gasteiger partial charge is 0.496 e. The molecule has 1 fully saturated rings. The highest BCUT2D eigenvalue weighted by molar-refractivity contribution is 5.81. The average molecular weight is 304 g/mol. The van der Waals surface area contributed by atoms with E-state index in [1.807, 2.05) is 26.1 Å². The van der Waals surface area contributed by atoms with Gasteiger partial charge in [-0.3, -0.25) is 9.69 Å². The number of benzene rings is 1. The second-order valence-electron chi connectivity index (χ2n) is 6.40. The predicted molar refractivity (Wildman–Crippen MR) is 89.1 cm³/mol. The molecule has 0 bridgehead atoms. The molecule has 0 radical (unpaired) electrons. The molecule has 1 saturated carbocycles. The molecule has 1 aliphatic carbocycles. The number of amides is 1. The third-order valence-corrected chi connectivity index (χ3v) is 4.60. The van der Waals surface area contributed by atoms with Crippen LogP contribution in [0.4, 0.5) is 0 Å². The van der Waals surface area contributed by atoms with Crippen LogP contribution < -0.4 is 10.1 Å². The minimum Gasteiger partial charge on any atom is -0.496 e. The molecular weight excluding hydrogens is 276 g/mol. The molecule has 1 aliphatic rings. The van der Waals surface area contributed by atoms with Crippen LogP contribution >= 0.6 is 0 Å². The monoisotopic (exact) mass is 304 g/mol. The van der Waals surface area contributed by atoms with Crippen LogP contribution in [0.1, 0.15) is 43.7 Å². The molecule has 2 rings (SSSR count). The van der Waals surface area contributed by atoms with Crippen LogP contribution in [0.5, 0.6) is 5.75 Å². The predicted octanol–water partition coefficient (Wildman–Crippen LogP) is 2.88. The van der Waals surface area contributed by atoms with Crippen LogP contribution in [0.3, 0.4) is 0 Å². The molecule has 0 heterocycles. The van der Waals surface area contributed by atoms with E-state index in [-0.39, 0.29) is 11.9 Å². The SMILES string of the molecule is COc1ccc(C)cc1CN(C)C(C)C(=O)NC1CCCC1. The number of carbonyl (C=O) groups excluding carboxylic acids is 1. The third-order valence-electron chi connectivity index (χ3n) is 4.60. The first-order valence-corrected chi connectivity index (χ1v) is 8.15. The Labute approximate surface area is 133 Å². The fraction of sp³-hybridized carbons (Fsp3) is 0.611. The van der Waals surface area contributed by atoms with E-state index in [0.717, 1.165) is 24.2 Å². The standard InChI is InChI=1S/C18H28N2O2/c1-13-9-10-17(22-4)15(11-13)12-20(3)14(2)18(21)19-16-7-5-6-8-16/h9-11,14,16H,5-8,12H2,1-4H3,(H,19,21). The average Bonchev–Trinajstić information content (AvgIpc) is 2.99. The number of aryl methyl sites for hydroxylation is 1. The van der Waals surface area contributed by atoms with Crippen molar-refractivity contribution in [2.45, 2.75) is 58.2 Å². The Bertz CT molecular complexity index is 510. The van der Waals surface area contributed by atoms with Gasteiger partial charge in [-0.15, -0.1) is 0 Å². The van der Waals surface area contributed by atoms with Crippen molar-refractivity contribution in [1.82, 2.24) is 10.2 Å². The summed E-state index contributed by atoms with van der Waals surface area (Å²) in [5.74, 6) is 1.00. The molecule has 1 aromatic carbocycles. The Hall–Kier alpha value is -1.55. The van der Waals surface area contributed by atoms with Gasteiger partial charge in [0.15, 0.2) is 0 Å². The molecule has 22 heavy (non-hydrogen) atoms. The summed E-state index contributed by atoms with van der Waals surface area (Å²) in [6.45, 7) is 4.73. The molecule has 0 aliphatic heterocycles. The van der Waals surface area contributed by atoms with Crippen molar-refractivity contribution in [2.24, 2.45) is 0 Å². The van der Waals surface area contributed by atoms with Gasteiger partial charge in [-0.2, -0.15) is 0 Å². The van der Waals surface area contributed by atoms with Gasteiger partial charge in [0.25, 0.3) is 0 Å². The highest BCUT2D eigenvalue weighted by Gasteiger charge is 2.23. The van der Waals surface area contributed by atoms with Crippen LogP contribution in [0, 0.1) is 6.92 Å². The summed E-state index contributed by atoms with van der Waals surface area (Å²) in [5.41, 5.74) is 2.32. The van der Waals surface area contributed by atoms with E-state index < -0.39 is 0 Å². The third kappa shape index (κ3) is 4.23. The topological polar surface area (TPSA) is 41.6 Å². The van der Waals surface area contributed by atoms with Crippen LogP contribution in [-0.2, 0) is 11.3 Å². The first-order chi connectivity index (χ1) is 10.5. The lowest BCUT2D eigenvalue weighted by molar-refractivity contribution is -0.126. The first kappa shape index (κ1) is 16.8. The Balaban J connectivity index is 1.96. The lowest BCUT2D eigenvalue weighted by Gasteiger charge is -2.26. The van der Waals surface area contributed by atoms with Crippen molar-refractivity contribution in [2.75, 3.05) is 14.2 Å². The van der Waals surface area contributed by atoms with Crippen LogP contribution in [0.25, 0.3) is 0 Å². The fourth-order valence-electron chi connectivity index (χ4n) is 3.03. The zero-order valence-corrected chi connectivity index (χ0v) is 14.2. The van der Waals surface area contributed by atoms with Gasteiger partial charge in [0, 0.05) is 18.2 Å². The molecule has 0 saturated heterocycles.